The van der Waals surface area contributed by atoms with Gasteiger partial charge in [-0.2, -0.15) is 4.98 Å². The number of imidazole rings is 1. The lowest BCUT2D eigenvalue weighted by Crippen LogP contribution is -2.27. The summed E-state index contributed by atoms with van der Waals surface area (Å²) < 4.78 is 1.84. The van der Waals surface area contributed by atoms with Gasteiger partial charge in [0.1, 0.15) is 5.82 Å². The zero-order chi connectivity index (χ0) is 18.1. The van der Waals surface area contributed by atoms with Crippen molar-refractivity contribution in [2.75, 3.05) is 11.9 Å². The van der Waals surface area contributed by atoms with Crippen molar-refractivity contribution in [3.63, 3.8) is 0 Å². The largest absolute Gasteiger partial charge is 0.366 e. The molecule has 3 heterocycles. The Hall–Kier alpha value is -3.25. The summed E-state index contributed by atoms with van der Waals surface area (Å²) in [6.45, 7) is 2.43. The summed E-state index contributed by atoms with van der Waals surface area (Å²) in [6.07, 6.45) is 3.92. The van der Waals surface area contributed by atoms with E-state index in [4.69, 9.17) is 9.97 Å². The van der Waals surface area contributed by atoms with Crippen molar-refractivity contribution < 1.29 is 0 Å². The van der Waals surface area contributed by atoms with Gasteiger partial charge in [-0.1, -0.05) is 42.5 Å². The fourth-order valence-corrected chi connectivity index (χ4v) is 3.42. The minimum Gasteiger partial charge on any atom is -0.366 e. The van der Waals surface area contributed by atoms with E-state index >= 15 is 0 Å². The molecule has 0 saturated heterocycles. The molecule has 0 fully saturated rings. The van der Waals surface area contributed by atoms with Gasteiger partial charge in [-0.25, -0.2) is 9.97 Å². The molecule has 6 heteroatoms. The van der Waals surface area contributed by atoms with Crippen LogP contribution >= 0.6 is 0 Å². The van der Waals surface area contributed by atoms with Crippen LogP contribution in [-0.4, -0.2) is 26.1 Å². The molecule has 0 unspecified atom stereocenters. The third kappa shape index (κ3) is 3.04. The predicted molar refractivity (Wildman–Crippen MR) is 105 cm³/mol. The van der Waals surface area contributed by atoms with E-state index in [1.807, 2.05) is 47.0 Å². The Labute approximate surface area is 157 Å². The second-order valence-corrected chi connectivity index (χ2v) is 6.60. The lowest BCUT2D eigenvalue weighted by Gasteiger charge is -2.21. The molecule has 2 N–H and O–H groups in total. The highest BCUT2D eigenvalue weighted by atomic mass is 15.2. The number of anilines is 1. The summed E-state index contributed by atoms with van der Waals surface area (Å²) in [4.78, 5) is 14.0. The molecule has 0 bridgehead atoms. The van der Waals surface area contributed by atoms with Gasteiger partial charge in [-0.05, 0) is 17.7 Å². The van der Waals surface area contributed by atoms with E-state index < -0.39 is 0 Å². The number of hydrogen-bond acceptors (Lipinski definition) is 5. The molecule has 6 nitrogen and oxygen atoms in total. The molecule has 5 rings (SSSR count). The zero-order valence-corrected chi connectivity index (χ0v) is 14.8. The van der Waals surface area contributed by atoms with Gasteiger partial charge in [0.05, 0.1) is 16.7 Å². The molecule has 0 amide bonds. The highest BCUT2D eigenvalue weighted by molar-refractivity contribution is 5.76. The fraction of sp³-hybridized carbons (Fsp3) is 0.190. The van der Waals surface area contributed by atoms with Crippen molar-refractivity contribution in [1.82, 2.24) is 24.8 Å². The van der Waals surface area contributed by atoms with Gasteiger partial charge in [0.25, 0.3) is 0 Å². The van der Waals surface area contributed by atoms with Crippen molar-refractivity contribution >= 4 is 16.9 Å². The maximum atomic E-state index is 4.82. The third-order valence-corrected chi connectivity index (χ3v) is 4.82. The Kier molecular flexibility index (Phi) is 4.03. The van der Waals surface area contributed by atoms with Gasteiger partial charge in [0.15, 0.2) is 6.33 Å². The standard InChI is InChI=1S/C21H19N6/c1-2-6-15(7-3-1)12-23-20-16-13-22-11-10-17(16)25-21(26-20)27-14-24-18-8-4-5-9-19(18)27/h1-9,22H,10-13H2,(H,23,25,26). The fourth-order valence-electron chi connectivity index (χ4n) is 3.42. The molecule has 0 atom stereocenters. The van der Waals surface area contributed by atoms with Crippen LogP contribution in [0.3, 0.4) is 0 Å². The van der Waals surface area contributed by atoms with Crippen LogP contribution in [0.2, 0.25) is 0 Å². The van der Waals surface area contributed by atoms with Crippen molar-refractivity contribution in [2.45, 2.75) is 19.5 Å². The minimum absolute atomic E-state index is 0.611. The lowest BCUT2D eigenvalue weighted by atomic mass is 10.1. The van der Waals surface area contributed by atoms with Gasteiger partial charge in [0, 0.05) is 31.6 Å². The first-order valence-electron chi connectivity index (χ1n) is 9.12. The molecule has 4 aromatic rings. The number of rotatable bonds is 4. The van der Waals surface area contributed by atoms with Crippen molar-refractivity contribution in [3.05, 3.63) is 77.7 Å². The number of benzene rings is 2. The lowest BCUT2D eigenvalue weighted by molar-refractivity contribution is 0.624. The van der Waals surface area contributed by atoms with Crippen LogP contribution in [0.15, 0.2) is 54.6 Å². The first kappa shape index (κ1) is 16.0. The Morgan fingerprint density at radius 1 is 1.04 bits per heavy atom. The molecule has 0 saturated carbocycles. The Morgan fingerprint density at radius 3 is 2.81 bits per heavy atom. The van der Waals surface area contributed by atoms with Crippen molar-refractivity contribution in [2.24, 2.45) is 0 Å². The van der Waals surface area contributed by atoms with E-state index in [-0.39, 0.29) is 0 Å². The van der Waals surface area contributed by atoms with Crippen LogP contribution < -0.4 is 10.6 Å². The minimum atomic E-state index is 0.611. The van der Waals surface area contributed by atoms with E-state index in [9.17, 15) is 0 Å². The summed E-state index contributed by atoms with van der Waals surface area (Å²) in [7, 11) is 0. The van der Waals surface area contributed by atoms with Gasteiger partial charge < -0.3 is 10.6 Å². The summed E-state index contributed by atoms with van der Waals surface area (Å²) in [5, 5.41) is 6.92. The SMILES string of the molecule is [c]1nc2ccccc2n1-c1nc2c(c(NCc3ccccc3)n1)CNCC2. The highest BCUT2D eigenvalue weighted by Crippen LogP contribution is 2.23. The molecule has 0 spiro atoms. The molecule has 2 aromatic heterocycles. The summed E-state index contributed by atoms with van der Waals surface area (Å²) >= 11 is 0. The Bertz CT molecular complexity index is 1090. The van der Waals surface area contributed by atoms with Gasteiger partial charge in [-0.3, -0.25) is 4.57 Å². The van der Waals surface area contributed by atoms with Gasteiger partial charge in [-0.15, -0.1) is 0 Å². The number of fused-ring (bicyclic) bond motifs is 2. The topological polar surface area (TPSA) is 67.7 Å². The molecule has 1 aliphatic rings. The molecule has 27 heavy (non-hydrogen) atoms. The monoisotopic (exact) mass is 355 g/mol. The average Bonchev–Trinajstić information content (AvgIpc) is 3.17. The second kappa shape index (κ2) is 6.81. The molecule has 1 radical (unpaired) electrons. The summed E-state index contributed by atoms with van der Waals surface area (Å²) in [5.41, 5.74) is 5.29. The van der Waals surface area contributed by atoms with Crippen LogP contribution in [0.25, 0.3) is 17.0 Å². The average molecular weight is 355 g/mol. The van der Waals surface area contributed by atoms with E-state index in [1.165, 1.54) is 5.56 Å². The number of nitrogens with zero attached hydrogens (tertiary/aromatic N) is 4. The smallest absolute Gasteiger partial charge is 0.238 e. The van der Waals surface area contributed by atoms with Crippen LogP contribution in [0.5, 0.6) is 0 Å². The van der Waals surface area contributed by atoms with E-state index in [0.717, 1.165) is 54.2 Å². The molecular formula is C21H19N6. The van der Waals surface area contributed by atoms with E-state index in [2.05, 4.69) is 34.1 Å². The Balaban J connectivity index is 1.56. The maximum Gasteiger partial charge on any atom is 0.238 e. The summed E-state index contributed by atoms with van der Waals surface area (Å²) in [6, 6.07) is 18.3. The third-order valence-electron chi connectivity index (χ3n) is 4.82. The van der Waals surface area contributed by atoms with E-state index in [0.29, 0.717) is 5.95 Å². The Morgan fingerprint density at radius 2 is 1.89 bits per heavy atom. The molecule has 2 aromatic carbocycles. The number of para-hydroxylation sites is 2. The highest BCUT2D eigenvalue weighted by Gasteiger charge is 2.19. The zero-order valence-electron chi connectivity index (χ0n) is 14.8. The maximum absolute atomic E-state index is 4.82. The summed E-state index contributed by atoms with van der Waals surface area (Å²) in [5.74, 6) is 1.48. The van der Waals surface area contributed by atoms with Crippen LogP contribution in [0.1, 0.15) is 16.8 Å². The van der Waals surface area contributed by atoms with Crippen LogP contribution in [-0.2, 0) is 19.5 Å². The molecular weight excluding hydrogens is 336 g/mol. The van der Waals surface area contributed by atoms with Crippen LogP contribution in [0.4, 0.5) is 5.82 Å². The van der Waals surface area contributed by atoms with Gasteiger partial charge >= 0.3 is 0 Å². The molecule has 0 aliphatic carbocycles. The second-order valence-electron chi connectivity index (χ2n) is 6.60. The number of nitrogens with one attached hydrogen (secondary N) is 2. The normalized spacial score (nSPS) is 13.5. The van der Waals surface area contributed by atoms with Crippen molar-refractivity contribution in [1.29, 1.82) is 0 Å². The number of hydrogen-bond donors (Lipinski definition) is 2. The van der Waals surface area contributed by atoms with Gasteiger partial charge in [0.2, 0.25) is 5.95 Å². The predicted octanol–water partition coefficient (Wildman–Crippen LogP) is 2.87. The first-order chi connectivity index (χ1) is 13.4. The van der Waals surface area contributed by atoms with E-state index in [1.54, 1.807) is 0 Å². The molecule has 133 valence electrons. The number of aromatic nitrogens is 4. The first-order valence-corrected chi connectivity index (χ1v) is 9.12. The van der Waals surface area contributed by atoms with Crippen molar-refractivity contribution in [3.8, 4) is 5.95 Å². The van der Waals surface area contributed by atoms with Crippen LogP contribution in [0, 0.1) is 6.33 Å². The molecule has 1 aliphatic heterocycles. The quantitative estimate of drug-likeness (QED) is 0.589.